The molecule has 0 unspecified atom stereocenters. The highest BCUT2D eigenvalue weighted by atomic mass is 79.9. The van der Waals surface area contributed by atoms with E-state index in [1.54, 1.807) is 4.72 Å². The van der Waals surface area contributed by atoms with Crippen molar-refractivity contribution >= 4 is 60.8 Å². The SMILES string of the molecule is COc1c(N(Cc2cc(C3CC3)cc(C3CC3)c2)C(=O)CS(=O)(=O)Nc2c(F)c(F)c(F)c(F)c2Cc2cccc(Br)c2Cl)ccc(C(=O)O)c1O. The minimum atomic E-state index is -5.03. The third-order valence-corrected chi connectivity index (χ3v) is 11.4. The number of sulfonamides is 1. The first kappa shape index (κ1) is 37.4. The summed E-state index contributed by atoms with van der Waals surface area (Å²) in [7, 11) is -3.92. The van der Waals surface area contributed by atoms with E-state index in [4.69, 9.17) is 16.3 Å². The fourth-order valence-corrected chi connectivity index (χ4v) is 7.71. The second kappa shape index (κ2) is 14.6. The number of amides is 1. The van der Waals surface area contributed by atoms with Crippen LogP contribution in [0, 0.1) is 23.3 Å². The molecule has 16 heteroatoms. The molecule has 0 atom stereocenters. The maximum atomic E-state index is 15.3. The van der Waals surface area contributed by atoms with Crippen molar-refractivity contribution in [2.45, 2.75) is 50.5 Å². The van der Waals surface area contributed by atoms with E-state index >= 15 is 8.78 Å². The predicted molar refractivity (Wildman–Crippen MR) is 189 cm³/mol. The number of benzene rings is 4. The van der Waals surface area contributed by atoms with Crippen molar-refractivity contribution in [3.05, 3.63) is 115 Å². The fourth-order valence-electron chi connectivity index (χ4n) is 6.04. The zero-order chi connectivity index (χ0) is 37.6. The molecule has 2 saturated carbocycles. The van der Waals surface area contributed by atoms with Gasteiger partial charge in [0.15, 0.2) is 34.8 Å². The number of hydrogen-bond donors (Lipinski definition) is 3. The Bertz CT molecular complexity index is 2200. The number of phenols is 1. The van der Waals surface area contributed by atoms with Gasteiger partial charge in [-0.2, -0.15) is 0 Å². The second-order valence-electron chi connectivity index (χ2n) is 12.7. The Morgan fingerprint density at radius 1 is 0.962 bits per heavy atom. The standard InChI is InChI=1S/C36H30BrClF4N2O7S/c1-51-35-26(10-9-23(34(35)46)36(47)48)44(15-17-11-21(18-5-6-18)13-22(12-17)19-7-8-19)27(45)16-52(49,50)43-33-24(29(39)30(40)31(41)32(33)42)14-20-3-2-4-25(37)28(20)38/h2-4,9-13,18-19,43,46H,5-8,14-16H2,1H3,(H,47,48). The summed E-state index contributed by atoms with van der Waals surface area (Å²) in [5, 5.41) is 20.4. The number of nitrogens with zero attached hydrogens (tertiary/aromatic N) is 1. The summed E-state index contributed by atoms with van der Waals surface area (Å²) >= 11 is 9.45. The molecule has 2 aliphatic rings. The van der Waals surface area contributed by atoms with Crippen LogP contribution in [0.1, 0.15) is 75.7 Å². The number of hydrogen-bond acceptors (Lipinski definition) is 6. The number of halogens is 6. The van der Waals surface area contributed by atoms with Gasteiger partial charge in [0, 0.05) is 16.5 Å². The Balaban J connectivity index is 1.39. The average molecular weight is 826 g/mol. The molecule has 2 fully saturated rings. The van der Waals surface area contributed by atoms with E-state index in [0.29, 0.717) is 21.9 Å². The van der Waals surface area contributed by atoms with Crippen LogP contribution >= 0.6 is 27.5 Å². The smallest absolute Gasteiger partial charge is 0.339 e. The van der Waals surface area contributed by atoms with E-state index < -0.39 is 85.7 Å². The van der Waals surface area contributed by atoms with Gasteiger partial charge in [-0.1, -0.05) is 41.9 Å². The first-order chi connectivity index (χ1) is 24.6. The third kappa shape index (κ3) is 7.71. The highest BCUT2D eigenvalue weighted by Gasteiger charge is 2.34. The van der Waals surface area contributed by atoms with Crippen molar-refractivity contribution < 1.29 is 50.5 Å². The maximum Gasteiger partial charge on any atom is 0.339 e. The Morgan fingerprint density at radius 3 is 2.15 bits per heavy atom. The third-order valence-electron chi connectivity index (χ3n) is 8.95. The minimum Gasteiger partial charge on any atom is -0.504 e. The number of ether oxygens (including phenoxy) is 1. The molecule has 6 rings (SSSR count). The lowest BCUT2D eigenvalue weighted by molar-refractivity contribution is -0.116. The monoisotopic (exact) mass is 824 g/mol. The molecule has 0 spiro atoms. The molecule has 3 N–H and O–H groups in total. The molecule has 9 nitrogen and oxygen atoms in total. The van der Waals surface area contributed by atoms with Gasteiger partial charge >= 0.3 is 5.97 Å². The number of rotatable bonds is 13. The number of carbonyl (C=O) groups excluding carboxylic acids is 1. The lowest BCUT2D eigenvalue weighted by Gasteiger charge is -2.26. The van der Waals surface area contributed by atoms with Gasteiger partial charge in [0.05, 0.1) is 30.1 Å². The number of aromatic hydroxyl groups is 1. The van der Waals surface area contributed by atoms with Gasteiger partial charge in [-0.3, -0.25) is 9.52 Å². The van der Waals surface area contributed by atoms with Crippen LogP contribution in [-0.2, 0) is 27.8 Å². The number of nitrogens with one attached hydrogen (secondary N) is 1. The Hall–Kier alpha value is -4.34. The van der Waals surface area contributed by atoms with Crippen LogP contribution in [0.4, 0.5) is 28.9 Å². The summed E-state index contributed by atoms with van der Waals surface area (Å²) in [4.78, 5) is 26.8. The Morgan fingerprint density at radius 2 is 1.58 bits per heavy atom. The van der Waals surface area contributed by atoms with Gasteiger partial charge in [-0.15, -0.1) is 0 Å². The largest absolute Gasteiger partial charge is 0.504 e. The molecule has 0 bridgehead atoms. The van der Waals surface area contributed by atoms with Crippen LogP contribution in [-0.4, -0.2) is 43.4 Å². The number of methoxy groups -OCH3 is 1. The lowest BCUT2D eigenvalue weighted by Crippen LogP contribution is -2.37. The van der Waals surface area contributed by atoms with Crippen LogP contribution in [0.2, 0.25) is 5.02 Å². The molecule has 1 amide bonds. The van der Waals surface area contributed by atoms with Crippen LogP contribution < -0.4 is 14.4 Å². The highest BCUT2D eigenvalue weighted by molar-refractivity contribution is 9.10. The first-order valence-electron chi connectivity index (χ1n) is 16.0. The average Bonchev–Trinajstić information content (AvgIpc) is 4.02. The molecular formula is C36H30BrClF4N2O7S. The van der Waals surface area contributed by atoms with Crippen LogP contribution in [0.15, 0.2) is 53.0 Å². The molecule has 0 heterocycles. The Kier molecular flexibility index (Phi) is 10.5. The molecular weight excluding hydrogens is 796 g/mol. The highest BCUT2D eigenvalue weighted by Crippen LogP contribution is 2.46. The summed E-state index contributed by atoms with van der Waals surface area (Å²) in [5.41, 5.74) is -0.108. The van der Waals surface area contributed by atoms with E-state index in [-0.39, 0.29) is 22.8 Å². The summed E-state index contributed by atoms with van der Waals surface area (Å²) in [5.74, 6) is -13.1. The second-order valence-corrected chi connectivity index (χ2v) is 15.7. The fraction of sp³-hybridized carbons (Fsp3) is 0.278. The number of aromatic carboxylic acids is 1. The molecule has 2 aliphatic carbocycles. The lowest BCUT2D eigenvalue weighted by atomic mass is 9.99. The molecule has 0 aromatic heterocycles. The maximum absolute atomic E-state index is 15.3. The van der Waals surface area contributed by atoms with Crippen molar-refractivity contribution in [3.63, 3.8) is 0 Å². The van der Waals surface area contributed by atoms with Gasteiger partial charge in [-0.25, -0.2) is 30.8 Å². The van der Waals surface area contributed by atoms with Crippen molar-refractivity contribution in [2.75, 3.05) is 22.5 Å². The van der Waals surface area contributed by atoms with Crippen LogP contribution in [0.3, 0.4) is 0 Å². The van der Waals surface area contributed by atoms with Gasteiger partial charge in [-0.05, 0) is 93.9 Å². The molecule has 0 saturated heterocycles. The van der Waals surface area contributed by atoms with Crippen LogP contribution in [0.25, 0.3) is 0 Å². The topological polar surface area (TPSA) is 133 Å². The summed E-state index contributed by atoms with van der Waals surface area (Å²) in [6.45, 7) is -0.266. The minimum absolute atomic E-state index is 0.0217. The van der Waals surface area contributed by atoms with Crippen LogP contribution in [0.5, 0.6) is 11.5 Å². The summed E-state index contributed by atoms with van der Waals surface area (Å²) in [6, 6.07) is 12.5. The molecule has 0 radical (unpaired) electrons. The van der Waals surface area contributed by atoms with Crippen molar-refractivity contribution in [2.24, 2.45) is 0 Å². The van der Waals surface area contributed by atoms with E-state index in [1.165, 1.54) is 18.2 Å². The number of carbonyl (C=O) groups is 2. The van der Waals surface area contributed by atoms with E-state index in [2.05, 4.69) is 22.0 Å². The van der Waals surface area contributed by atoms with Gasteiger partial charge in [0.25, 0.3) is 0 Å². The zero-order valence-electron chi connectivity index (χ0n) is 27.3. The van der Waals surface area contributed by atoms with E-state index in [9.17, 15) is 37.0 Å². The van der Waals surface area contributed by atoms with Crippen molar-refractivity contribution in [1.82, 2.24) is 0 Å². The first-order valence-corrected chi connectivity index (χ1v) is 18.8. The molecule has 4 aromatic rings. The zero-order valence-corrected chi connectivity index (χ0v) is 30.4. The van der Waals surface area contributed by atoms with Crippen molar-refractivity contribution in [1.29, 1.82) is 0 Å². The molecule has 0 aliphatic heterocycles. The van der Waals surface area contributed by atoms with Gasteiger partial charge < -0.3 is 19.8 Å². The summed E-state index contributed by atoms with van der Waals surface area (Å²) < 4.78 is 94.1. The molecule has 4 aromatic carbocycles. The normalized spacial score (nSPS) is 14.3. The number of carboxylic acids is 1. The quantitative estimate of drug-likeness (QED) is 0.0701. The number of anilines is 2. The van der Waals surface area contributed by atoms with Gasteiger partial charge in [0.1, 0.15) is 11.3 Å². The number of carboxylic acid groups (broad SMARTS) is 1. The Labute approximate surface area is 309 Å². The predicted octanol–water partition coefficient (Wildman–Crippen LogP) is 8.39. The van der Waals surface area contributed by atoms with E-state index in [0.717, 1.165) is 61.0 Å². The van der Waals surface area contributed by atoms with Gasteiger partial charge in [0.2, 0.25) is 15.9 Å². The summed E-state index contributed by atoms with van der Waals surface area (Å²) in [6.07, 6.45) is 3.25. The van der Waals surface area contributed by atoms with E-state index in [1.807, 2.05) is 12.1 Å². The molecule has 274 valence electrons. The van der Waals surface area contributed by atoms with Crippen molar-refractivity contribution in [3.8, 4) is 11.5 Å². The molecule has 52 heavy (non-hydrogen) atoms.